The van der Waals surface area contributed by atoms with E-state index >= 15 is 0 Å². The van der Waals surface area contributed by atoms with Gasteiger partial charge in [0.25, 0.3) is 5.91 Å². The lowest BCUT2D eigenvalue weighted by Crippen LogP contribution is -2.47. The van der Waals surface area contributed by atoms with Gasteiger partial charge in [0.2, 0.25) is 5.91 Å². The van der Waals surface area contributed by atoms with Gasteiger partial charge in [0, 0.05) is 24.7 Å². The number of nitrogens with zero attached hydrogens (tertiary/aromatic N) is 1. The summed E-state index contributed by atoms with van der Waals surface area (Å²) in [5, 5.41) is 3.10. The summed E-state index contributed by atoms with van der Waals surface area (Å²) in [5.74, 6) is -0.693. The number of carbonyl (C=O) groups excluding carboxylic acids is 2. The van der Waals surface area contributed by atoms with E-state index in [0.29, 0.717) is 18.7 Å². The third kappa shape index (κ3) is 5.41. The van der Waals surface area contributed by atoms with Crippen LogP contribution in [0.4, 0.5) is 4.39 Å². The Morgan fingerprint density at radius 1 is 1.14 bits per heavy atom. The molecule has 2 aromatic carbocycles. The van der Waals surface area contributed by atoms with Crippen LogP contribution in [0.1, 0.15) is 42.1 Å². The molecule has 1 fully saturated rings. The first-order chi connectivity index (χ1) is 13.5. The SMILES string of the molecule is CC(CCc1ccccc1)NC(=O)C1CCCN(C(=O)c2ccc(F)cc2)C1. The second-order valence-corrected chi connectivity index (χ2v) is 7.53. The molecule has 0 radical (unpaired) electrons. The number of amides is 2. The molecule has 28 heavy (non-hydrogen) atoms. The van der Waals surface area contributed by atoms with Gasteiger partial charge in [-0.15, -0.1) is 0 Å². The van der Waals surface area contributed by atoms with Crippen LogP contribution in [0.15, 0.2) is 54.6 Å². The lowest BCUT2D eigenvalue weighted by molar-refractivity contribution is -0.127. The predicted molar refractivity (Wildman–Crippen MR) is 107 cm³/mol. The molecule has 2 amide bonds. The second-order valence-electron chi connectivity index (χ2n) is 7.53. The van der Waals surface area contributed by atoms with Gasteiger partial charge in [0.05, 0.1) is 5.92 Å². The van der Waals surface area contributed by atoms with Gasteiger partial charge in [-0.05, 0) is 62.4 Å². The Morgan fingerprint density at radius 3 is 2.57 bits per heavy atom. The molecule has 2 atom stereocenters. The number of benzene rings is 2. The monoisotopic (exact) mass is 382 g/mol. The van der Waals surface area contributed by atoms with Crippen LogP contribution in [-0.4, -0.2) is 35.8 Å². The molecule has 0 aromatic heterocycles. The molecule has 0 aliphatic carbocycles. The summed E-state index contributed by atoms with van der Waals surface area (Å²) in [7, 11) is 0. The fourth-order valence-corrected chi connectivity index (χ4v) is 3.61. The molecule has 1 heterocycles. The van der Waals surface area contributed by atoms with Crippen LogP contribution in [0.2, 0.25) is 0 Å². The summed E-state index contributed by atoms with van der Waals surface area (Å²) >= 11 is 0. The third-order valence-electron chi connectivity index (χ3n) is 5.27. The number of hydrogen-bond donors (Lipinski definition) is 1. The summed E-state index contributed by atoms with van der Waals surface area (Å²) < 4.78 is 13.1. The molecule has 0 saturated carbocycles. The van der Waals surface area contributed by atoms with Crippen molar-refractivity contribution < 1.29 is 14.0 Å². The highest BCUT2D eigenvalue weighted by atomic mass is 19.1. The van der Waals surface area contributed by atoms with Crippen molar-refractivity contribution in [1.82, 2.24) is 10.2 Å². The highest BCUT2D eigenvalue weighted by Gasteiger charge is 2.29. The molecule has 0 spiro atoms. The van der Waals surface area contributed by atoms with Crippen LogP contribution in [0, 0.1) is 11.7 Å². The highest BCUT2D eigenvalue weighted by molar-refractivity contribution is 5.94. The fourth-order valence-electron chi connectivity index (χ4n) is 3.61. The summed E-state index contributed by atoms with van der Waals surface area (Å²) in [5.41, 5.74) is 1.72. The van der Waals surface area contributed by atoms with Crippen LogP contribution in [0.25, 0.3) is 0 Å². The molecule has 1 aliphatic rings. The smallest absolute Gasteiger partial charge is 0.253 e. The Morgan fingerprint density at radius 2 is 1.86 bits per heavy atom. The van der Waals surface area contributed by atoms with Crippen LogP contribution in [-0.2, 0) is 11.2 Å². The molecule has 1 aliphatic heterocycles. The minimum absolute atomic E-state index is 0.0113. The molecule has 3 rings (SSSR count). The Kier molecular flexibility index (Phi) is 6.80. The van der Waals surface area contributed by atoms with E-state index < -0.39 is 0 Å². The standard InChI is InChI=1S/C23H27FN2O2/c1-17(9-10-18-6-3-2-4-7-18)25-22(27)20-8-5-15-26(16-20)23(28)19-11-13-21(24)14-12-19/h2-4,6-7,11-14,17,20H,5,8-10,15-16H2,1H3,(H,25,27). The summed E-state index contributed by atoms with van der Waals surface area (Å²) in [6.45, 7) is 3.06. The molecular formula is C23H27FN2O2. The van der Waals surface area contributed by atoms with Crippen LogP contribution >= 0.6 is 0 Å². The van der Waals surface area contributed by atoms with Crippen LogP contribution in [0.3, 0.4) is 0 Å². The van der Waals surface area contributed by atoms with Crippen molar-refractivity contribution in [2.24, 2.45) is 5.92 Å². The van der Waals surface area contributed by atoms with Crippen molar-refractivity contribution in [3.63, 3.8) is 0 Å². The van der Waals surface area contributed by atoms with E-state index in [1.54, 1.807) is 4.90 Å². The van der Waals surface area contributed by atoms with E-state index in [1.807, 2.05) is 25.1 Å². The molecule has 5 heteroatoms. The Balaban J connectivity index is 1.50. The number of hydrogen-bond acceptors (Lipinski definition) is 2. The van der Waals surface area contributed by atoms with E-state index in [-0.39, 0.29) is 29.6 Å². The van der Waals surface area contributed by atoms with Crippen molar-refractivity contribution in [2.45, 2.75) is 38.6 Å². The molecule has 4 nitrogen and oxygen atoms in total. The topological polar surface area (TPSA) is 49.4 Å². The van der Waals surface area contributed by atoms with E-state index in [4.69, 9.17) is 0 Å². The molecule has 0 bridgehead atoms. The molecule has 148 valence electrons. The number of aryl methyl sites for hydroxylation is 1. The number of rotatable bonds is 6. The number of likely N-dealkylation sites (tertiary alicyclic amines) is 1. The zero-order valence-electron chi connectivity index (χ0n) is 16.2. The largest absolute Gasteiger partial charge is 0.353 e. The normalized spacial score (nSPS) is 17.8. The number of carbonyl (C=O) groups is 2. The van der Waals surface area contributed by atoms with Crippen molar-refractivity contribution in [3.05, 3.63) is 71.5 Å². The number of halogens is 1. The van der Waals surface area contributed by atoms with E-state index in [1.165, 1.54) is 29.8 Å². The Bertz CT molecular complexity index is 792. The average Bonchev–Trinajstić information content (AvgIpc) is 2.73. The van der Waals surface area contributed by atoms with E-state index in [2.05, 4.69) is 17.4 Å². The highest BCUT2D eigenvalue weighted by Crippen LogP contribution is 2.19. The first-order valence-corrected chi connectivity index (χ1v) is 9.92. The van der Waals surface area contributed by atoms with Crippen molar-refractivity contribution >= 4 is 11.8 Å². The molecule has 1 N–H and O–H groups in total. The van der Waals surface area contributed by atoms with Gasteiger partial charge in [-0.2, -0.15) is 0 Å². The zero-order chi connectivity index (χ0) is 19.9. The van der Waals surface area contributed by atoms with Crippen molar-refractivity contribution in [2.75, 3.05) is 13.1 Å². The van der Waals surface area contributed by atoms with Gasteiger partial charge in [-0.3, -0.25) is 9.59 Å². The molecule has 2 unspecified atom stereocenters. The van der Waals surface area contributed by atoms with Gasteiger partial charge in [-0.1, -0.05) is 30.3 Å². The second kappa shape index (κ2) is 9.49. The summed E-state index contributed by atoms with van der Waals surface area (Å²) in [4.78, 5) is 27.0. The maximum absolute atomic E-state index is 13.1. The molecule has 2 aromatic rings. The van der Waals surface area contributed by atoms with Gasteiger partial charge in [0.15, 0.2) is 0 Å². The van der Waals surface area contributed by atoms with Crippen LogP contribution < -0.4 is 5.32 Å². The minimum atomic E-state index is -0.364. The Labute approximate surface area is 165 Å². The average molecular weight is 382 g/mol. The van der Waals surface area contributed by atoms with Gasteiger partial charge in [0.1, 0.15) is 5.82 Å². The summed E-state index contributed by atoms with van der Waals surface area (Å²) in [6.07, 6.45) is 3.37. The maximum Gasteiger partial charge on any atom is 0.253 e. The van der Waals surface area contributed by atoms with Crippen molar-refractivity contribution in [1.29, 1.82) is 0 Å². The Hall–Kier alpha value is -2.69. The third-order valence-corrected chi connectivity index (χ3v) is 5.27. The van der Waals surface area contributed by atoms with Gasteiger partial charge >= 0.3 is 0 Å². The van der Waals surface area contributed by atoms with Gasteiger partial charge < -0.3 is 10.2 Å². The van der Waals surface area contributed by atoms with Crippen LogP contribution in [0.5, 0.6) is 0 Å². The molecular weight excluding hydrogens is 355 g/mol. The fraction of sp³-hybridized carbons (Fsp3) is 0.391. The minimum Gasteiger partial charge on any atom is -0.353 e. The number of piperidine rings is 1. The maximum atomic E-state index is 13.1. The van der Waals surface area contributed by atoms with Crippen molar-refractivity contribution in [3.8, 4) is 0 Å². The van der Waals surface area contributed by atoms with E-state index in [0.717, 1.165) is 25.7 Å². The first-order valence-electron chi connectivity index (χ1n) is 9.92. The predicted octanol–water partition coefficient (Wildman–Crippen LogP) is 3.82. The molecule has 1 saturated heterocycles. The quantitative estimate of drug-likeness (QED) is 0.826. The lowest BCUT2D eigenvalue weighted by atomic mass is 9.95. The lowest BCUT2D eigenvalue weighted by Gasteiger charge is -2.32. The summed E-state index contributed by atoms with van der Waals surface area (Å²) in [6, 6.07) is 15.9. The number of nitrogens with one attached hydrogen (secondary N) is 1. The van der Waals surface area contributed by atoms with E-state index in [9.17, 15) is 14.0 Å². The zero-order valence-corrected chi connectivity index (χ0v) is 16.2. The van der Waals surface area contributed by atoms with Gasteiger partial charge in [-0.25, -0.2) is 4.39 Å². The first kappa shape index (κ1) is 20.1.